The molecular weight excluding hydrogens is 154 g/mol. The van der Waals surface area contributed by atoms with Crippen LogP contribution in [0.2, 0.25) is 0 Å². The van der Waals surface area contributed by atoms with Crippen molar-refractivity contribution in [1.29, 1.82) is 0 Å². The molecule has 68 valence electrons. The first-order valence-electron chi connectivity index (χ1n) is 4.44. The molecule has 1 amide bonds. The van der Waals surface area contributed by atoms with Crippen LogP contribution in [0.1, 0.15) is 26.2 Å². The van der Waals surface area contributed by atoms with E-state index in [0.29, 0.717) is 6.42 Å². The zero-order chi connectivity index (χ0) is 9.14. The Morgan fingerprint density at radius 2 is 2.33 bits per heavy atom. The molecule has 1 saturated heterocycles. The molecule has 1 fully saturated rings. The molecule has 0 N–H and O–H groups in total. The third-order valence-electron chi connectivity index (χ3n) is 2.40. The number of hydrogen-bond donors (Lipinski definition) is 0. The van der Waals surface area contributed by atoms with Crippen LogP contribution >= 0.6 is 0 Å². The summed E-state index contributed by atoms with van der Waals surface area (Å²) in [5, 5.41) is 0. The number of ketones is 1. The van der Waals surface area contributed by atoms with Crippen molar-refractivity contribution in [2.45, 2.75) is 26.2 Å². The van der Waals surface area contributed by atoms with Gasteiger partial charge in [-0.05, 0) is 12.8 Å². The van der Waals surface area contributed by atoms with Gasteiger partial charge >= 0.3 is 0 Å². The molecule has 0 radical (unpaired) electrons. The summed E-state index contributed by atoms with van der Waals surface area (Å²) in [5.74, 6) is -0.242. The second-order valence-corrected chi connectivity index (χ2v) is 3.27. The summed E-state index contributed by atoms with van der Waals surface area (Å²) in [4.78, 5) is 24.4. The molecule has 0 aromatic heterocycles. The van der Waals surface area contributed by atoms with Gasteiger partial charge in [0.15, 0.2) is 0 Å². The Kier molecular flexibility index (Phi) is 2.84. The van der Waals surface area contributed by atoms with E-state index in [1.165, 1.54) is 0 Å². The van der Waals surface area contributed by atoms with Gasteiger partial charge in [0.25, 0.3) is 0 Å². The molecular formula is C9H15NO2. The Labute approximate surface area is 72.7 Å². The molecule has 0 aliphatic carbocycles. The number of Topliss-reactive ketones (excluding diaryl/α,β-unsaturated/α-hetero) is 1. The number of nitrogens with zero attached hydrogens (tertiary/aromatic N) is 1. The lowest BCUT2D eigenvalue weighted by atomic mass is 9.92. The van der Waals surface area contributed by atoms with Crippen LogP contribution in [0, 0.1) is 5.92 Å². The van der Waals surface area contributed by atoms with Gasteiger partial charge < -0.3 is 4.90 Å². The molecule has 0 aromatic carbocycles. The number of carbonyl (C=O) groups excluding carboxylic acids is 2. The van der Waals surface area contributed by atoms with Gasteiger partial charge in [0.2, 0.25) is 5.91 Å². The molecule has 1 rings (SSSR count). The highest BCUT2D eigenvalue weighted by Crippen LogP contribution is 2.18. The van der Waals surface area contributed by atoms with Gasteiger partial charge in [-0.1, -0.05) is 6.92 Å². The van der Waals surface area contributed by atoms with Gasteiger partial charge in [-0.25, -0.2) is 0 Å². The molecule has 1 heterocycles. The number of carbonyl (C=O) groups is 2. The molecule has 0 saturated carbocycles. The van der Waals surface area contributed by atoms with Crippen molar-refractivity contribution in [2.75, 3.05) is 13.6 Å². The standard InChI is InChI=1S/C9H15NO2/c1-3-8(11)7-5-4-6-10(2)9(7)12/h7H,3-6H2,1-2H3. The summed E-state index contributed by atoms with van der Waals surface area (Å²) in [6.07, 6.45) is 2.18. The van der Waals surface area contributed by atoms with Crippen molar-refractivity contribution in [2.24, 2.45) is 5.92 Å². The fourth-order valence-electron chi connectivity index (χ4n) is 1.58. The van der Waals surface area contributed by atoms with Crippen molar-refractivity contribution in [3.63, 3.8) is 0 Å². The van der Waals surface area contributed by atoms with Gasteiger partial charge in [0.1, 0.15) is 5.78 Å². The van der Waals surface area contributed by atoms with Crippen LogP contribution in [0.4, 0.5) is 0 Å². The van der Waals surface area contributed by atoms with Crippen molar-refractivity contribution < 1.29 is 9.59 Å². The van der Waals surface area contributed by atoms with Crippen molar-refractivity contribution in [3.05, 3.63) is 0 Å². The maximum Gasteiger partial charge on any atom is 0.232 e. The highest BCUT2D eigenvalue weighted by atomic mass is 16.2. The van der Waals surface area contributed by atoms with E-state index in [-0.39, 0.29) is 17.6 Å². The fraction of sp³-hybridized carbons (Fsp3) is 0.778. The topological polar surface area (TPSA) is 37.4 Å². The average Bonchev–Trinajstić information content (AvgIpc) is 2.08. The third-order valence-corrected chi connectivity index (χ3v) is 2.40. The lowest BCUT2D eigenvalue weighted by Crippen LogP contribution is -2.41. The first kappa shape index (κ1) is 9.23. The van der Waals surface area contributed by atoms with E-state index in [4.69, 9.17) is 0 Å². The van der Waals surface area contributed by atoms with Crippen molar-refractivity contribution in [3.8, 4) is 0 Å². The van der Waals surface area contributed by atoms with Gasteiger partial charge in [0, 0.05) is 20.0 Å². The lowest BCUT2D eigenvalue weighted by molar-refractivity contribution is -0.142. The minimum Gasteiger partial charge on any atom is -0.345 e. The average molecular weight is 169 g/mol. The van der Waals surface area contributed by atoms with Gasteiger partial charge in [-0.3, -0.25) is 9.59 Å². The molecule has 1 unspecified atom stereocenters. The molecule has 1 aliphatic rings. The summed E-state index contributed by atoms with van der Waals surface area (Å²) < 4.78 is 0. The first-order chi connectivity index (χ1) is 5.66. The van der Waals surface area contributed by atoms with Crippen molar-refractivity contribution in [1.82, 2.24) is 4.90 Å². The Balaban J connectivity index is 2.64. The summed E-state index contributed by atoms with van der Waals surface area (Å²) in [6.45, 7) is 2.61. The predicted molar refractivity (Wildman–Crippen MR) is 45.7 cm³/mol. The monoisotopic (exact) mass is 169 g/mol. The van der Waals surface area contributed by atoms with Gasteiger partial charge in [0.05, 0.1) is 5.92 Å². The number of amides is 1. The van der Waals surface area contributed by atoms with Crippen LogP contribution in [0.25, 0.3) is 0 Å². The first-order valence-corrected chi connectivity index (χ1v) is 4.44. The Morgan fingerprint density at radius 3 is 2.92 bits per heavy atom. The van der Waals surface area contributed by atoms with Gasteiger partial charge in [-0.15, -0.1) is 0 Å². The quantitative estimate of drug-likeness (QED) is 0.574. The van der Waals surface area contributed by atoms with Crippen LogP contribution in [0.3, 0.4) is 0 Å². The van der Waals surface area contributed by atoms with E-state index >= 15 is 0 Å². The Morgan fingerprint density at radius 1 is 1.67 bits per heavy atom. The van der Waals surface area contributed by atoms with E-state index < -0.39 is 0 Å². The van der Waals surface area contributed by atoms with Crippen LogP contribution in [0.5, 0.6) is 0 Å². The maximum atomic E-state index is 11.4. The van der Waals surface area contributed by atoms with Crippen LogP contribution in [0.15, 0.2) is 0 Å². The maximum absolute atomic E-state index is 11.4. The van der Waals surface area contributed by atoms with Crippen molar-refractivity contribution >= 4 is 11.7 Å². The summed E-state index contributed by atoms with van der Waals surface area (Å²) >= 11 is 0. The molecule has 0 aromatic rings. The molecule has 3 nitrogen and oxygen atoms in total. The number of piperidine rings is 1. The minimum absolute atomic E-state index is 0.00750. The molecule has 1 aliphatic heterocycles. The number of likely N-dealkylation sites (tertiary alicyclic amines) is 1. The summed E-state index contributed by atoms with van der Waals surface area (Å²) in [7, 11) is 1.76. The smallest absolute Gasteiger partial charge is 0.232 e. The molecule has 1 atom stereocenters. The zero-order valence-corrected chi connectivity index (χ0v) is 7.67. The van der Waals surface area contributed by atoms with E-state index in [9.17, 15) is 9.59 Å². The Bertz CT molecular complexity index is 201. The second kappa shape index (κ2) is 3.70. The largest absolute Gasteiger partial charge is 0.345 e. The van der Waals surface area contributed by atoms with E-state index in [1.54, 1.807) is 11.9 Å². The van der Waals surface area contributed by atoms with E-state index in [0.717, 1.165) is 19.4 Å². The minimum atomic E-state index is -0.339. The molecule has 12 heavy (non-hydrogen) atoms. The number of hydrogen-bond acceptors (Lipinski definition) is 2. The summed E-state index contributed by atoms with van der Waals surface area (Å²) in [5.41, 5.74) is 0. The second-order valence-electron chi connectivity index (χ2n) is 3.27. The Hall–Kier alpha value is -0.860. The van der Waals surface area contributed by atoms with Crippen LogP contribution < -0.4 is 0 Å². The lowest BCUT2D eigenvalue weighted by Gasteiger charge is -2.27. The molecule has 0 spiro atoms. The van der Waals surface area contributed by atoms with Crippen LogP contribution in [-0.2, 0) is 9.59 Å². The SMILES string of the molecule is CCC(=O)C1CCCN(C)C1=O. The van der Waals surface area contributed by atoms with E-state index in [2.05, 4.69) is 0 Å². The summed E-state index contributed by atoms with van der Waals surface area (Å²) in [6, 6.07) is 0. The normalized spacial score (nSPS) is 24.3. The third kappa shape index (κ3) is 1.65. The van der Waals surface area contributed by atoms with Gasteiger partial charge in [-0.2, -0.15) is 0 Å². The molecule has 0 bridgehead atoms. The predicted octanol–water partition coefficient (Wildman–Crippen LogP) is 0.834. The highest BCUT2D eigenvalue weighted by Gasteiger charge is 2.30. The molecule has 3 heteroatoms. The zero-order valence-electron chi connectivity index (χ0n) is 7.67. The van der Waals surface area contributed by atoms with E-state index in [1.807, 2.05) is 6.92 Å². The highest BCUT2D eigenvalue weighted by molar-refractivity contribution is 6.01. The van der Waals surface area contributed by atoms with Crippen LogP contribution in [-0.4, -0.2) is 30.2 Å². The fourth-order valence-corrected chi connectivity index (χ4v) is 1.58. The number of rotatable bonds is 2.